The Bertz CT molecular complexity index is 436. The molecule has 1 aliphatic rings. The summed E-state index contributed by atoms with van der Waals surface area (Å²) < 4.78 is 14.4. The van der Waals surface area contributed by atoms with Crippen LogP contribution in [0.4, 0.5) is 0 Å². The molecule has 0 aromatic heterocycles. The number of ether oxygens (including phenoxy) is 3. The number of aliphatic carboxylic acids is 1. The van der Waals surface area contributed by atoms with Crippen LogP contribution in [0.1, 0.15) is 13.3 Å². The molecule has 1 fully saturated rings. The van der Waals surface area contributed by atoms with Gasteiger partial charge in [0.05, 0.1) is 5.92 Å². The van der Waals surface area contributed by atoms with Crippen molar-refractivity contribution < 1.29 is 33.7 Å². The first kappa shape index (κ1) is 15.1. The SMILES string of the molecule is C#CC1CCOC1C(OC)(C(=O)O)C(=O)OC(C)=O. The average molecular weight is 270 g/mol. The Morgan fingerprint density at radius 3 is 2.53 bits per heavy atom. The first-order valence-electron chi connectivity index (χ1n) is 5.49. The number of methoxy groups -OCH3 is 1. The molecule has 1 N–H and O–H groups in total. The summed E-state index contributed by atoms with van der Waals surface area (Å²) >= 11 is 0. The normalized spacial score (nSPS) is 25.1. The van der Waals surface area contributed by atoms with Crippen LogP contribution in [0.5, 0.6) is 0 Å². The maximum absolute atomic E-state index is 11.9. The summed E-state index contributed by atoms with van der Waals surface area (Å²) in [6, 6.07) is 0. The van der Waals surface area contributed by atoms with Crippen molar-refractivity contribution in [3.8, 4) is 12.3 Å². The molecule has 104 valence electrons. The molecule has 1 aliphatic heterocycles. The molecule has 0 amide bonds. The molecule has 0 saturated carbocycles. The van der Waals surface area contributed by atoms with Crippen molar-refractivity contribution in [2.75, 3.05) is 13.7 Å². The molecule has 0 aromatic carbocycles. The van der Waals surface area contributed by atoms with Crippen molar-refractivity contribution in [2.45, 2.75) is 25.0 Å². The molecule has 1 heterocycles. The van der Waals surface area contributed by atoms with Crippen LogP contribution in [-0.2, 0) is 28.6 Å². The fourth-order valence-corrected chi connectivity index (χ4v) is 1.98. The van der Waals surface area contributed by atoms with E-state index in [0.29, 0.717) is 6.42 Å². The number of carboxylic acid groups (broad SMARTS) is 1. The van der Waals surface area contributed by atoms with E-state index in [9.17, 15) is 19.5 Å². The minimum atomic E-state index is -2.45. The predicted molar refractivity (Wildman–Crippen MR) is 60.8 cm³/mol. The van der Waals surface area contributed by atoms with Gasteiger partial charge >= 0.3 is 17.9 Å². The summed E-state index contributed by atoms with van der Waals surface area (Å²) in [5, 5.41) is 9.30. The van der Waals surface area contributed by atoms with Crippen LogP contribution in [0.2, 0.25) is 0 Å². The number of carbonyl (C=O) groups is 3. The Morgan fingerprint density at radius 1 is 1.47 bits per heavy atom. The lowest BCUT2D eigenvalue weighted by atomic mass is 9.87. The van der Waals surface area contributed by atoms with Gasteiger partial charge in [0.2, 0.25) is 0 Å². The minimum Gasteiger partial charge on any atom is -0.479 e. The van der Waals surface area contributed by atoms with Crippen molar-refractivity contribution in [1.29, 1.82) is 0 Å². The van der Waals surface area contributed by atoms with Crippen LogP contribution < -0.4 is 0 Å². The van der Waals surface area contributed by atoms with Crippen molar-refractivity contribution in [3.63, 3.8) is 0 Å². The van der Waals surface area contributed by atoms with Gasteiger partial charge in [-0.15, -0.1) is 12.3 Å². The molecule has 3 unspecified atom stereocenters. The van der Waals surface area contributed by atoms with Crippen molar-refractivity contribution in [3.05, 3.63) is 0 Å². The highest BCUT2D eigenvalue weighted by Gasteiger charge is 2.60. The Kier molecular flexibility index (Phi) is 4.64. The molecule has 7 heteroatoms. The molecule has 0 aromatic rings. The Morgan fingerprint density at radius 2 is 2.11 bits per heavy atom. The second kappa shape index (κ2) is 5.82. The smallest absolute Gasteiger partial charge is 0.360 e. The monoisotopic (exact) mass is 270 g/mol. The summed E-state index contributed by atoms with van der Waals surface area (Å²) in [6.07, 6.45) is 4.47. The molecule has 7 nitrogen and oxygen atoms in total. The Hall–Kier alpha value is -1.91. The highest BCUT2D eigenvalue weighted by molar-refractivity contribution is 6.06. The zero-order valence-corrected chi connectivity index (χ0v) is 10.5. The zero-order valence-electron chi connectivity index (χ0n) is 10.5. The molecule has 0 bridgehead atoms. The minimum absolute atomic E-state index is 0.200. The second-order valence-corrected chi connectivity index (χ2v) is 3.98. The highest BCUT2D eigenvalue weighted by Crippen LogP contribution is 2.33. The van der Waals surface area contributed by atoms with Gasteiger partial charge in [0.1, 0.15) is 6.10 Å². The third kappa shape index (κ3) is 2.59. The molecular formula is C12H14O7. The molecule has 0 spiro atoms. The molecule has 19 heavy (non-hydrogen) atoms. The maximum atomic E-state index is 11.9. The fourth-order valence-electron chi connectivity index (χ4n) is 1.98. The Balaban J connectivity index is 3.19. The molecule has 3 atom stereocenters. The third-order valence-electron chi connectivity index (χ3n) is 2.89. The third-order valence-corrected chi connectivity index (χ3v) is 2.89. The summed E-state index contributed by atoms with van der Waals surface area (Å²) in [4.78, 5) is 34.2. The maximum Gasteiger partial charge on any atom is 0.360 e. The topological polar surface area (TPSA) is 99.1 Å². The van der Waals surface area contributed by atoms with E-state index < -0.39 is 35.5 Å². The van der Waals surface area contributed by atoms with Crippen LogP contribution in [-0.4, -0.2) is 48.4 Å². The van der Waals surface area contributed by atoms with Crippen LogP contribution in [0.25, 0.3) is 0 Å². The van der Waals surface area contributed by atoms with Crippen LogP contribution in [0.3, 0.4) is 0 Å². The van der Waals surface area contributed by atoms with Crippen LogP contribution in [0, 0.1) is 18.3 Å². The number of carbonyl (C=O) groups excluding carboxylic acids is 2. The molecule has 0 aliphatic carbocycles. The number of hydrogen-bond acceptors (Lipinski definition) is 6. The summed E-state index contributed by atoms with van der Waals surface area (Å²) in [6.45, 7) is 1.18. The van der Waals surface area contributed by atoms with E-state index in [1.807, 2.05) is 0 Å². The van der Waals surface area contributed by atoms with E-state index in [4.69, 9.17) is 15.9 Å². The van der Waals surface area contributed by atoms with Crippen molar-refractivity contribution >= 4 is 17.9 Å². The van der Waals surface area contributed by atoms with E-state index in [0.717, 1.165) is 14.0 Å². The highest BCUT2D eigenvalue weighted by atomic mass is 16.6. The molecular weight excluding hydrogens is 256 g/mol. The van der Waals surface area contributed by atoms with Gasteiger partial charge in [-0.1, -0.05) is 0 Å². The first-order valence-corrected chi connectivity index (χ1v) is 5.49. The number of rotatable bonds is 4. The zero-order chi connectivity index (χ0) is 14.6. The van der Waals surface area contributed by atoms with E-state index in [1.165, 1.54) is 0 Å². The van der Waals surface area contributed by atoms with E-state index in [-0.39, 0.29) is 6.61 Å². The standard InChI is InChI=1S/C12H14O7/c1-4-8-5-6-18-9(8)12(17-3,10(14)15)11(16)19-7(2)13/h1,8-9H,5-6H2,2-3H3,(H,14,15). The summed E-state index contributed by atoms with van der Waals surface area (Å²) in [5.74, 6) is -2.16. The largest absolute Gasteiger partial charge is 0.479 e. The quantitative estimate of drug-likeness (QED) is 0.421. The van der Waals surface area contributed by atoms with E-state index in [2.05, 4.69) is 10.7 Å². The lowest BCUT2D eigenvalue weighted by molar-refractivity contribution is -0.201. The Labute approximate surface area is 109 Å². The van der Waals surface area contributed by atoms with E-state index >= 15 is 0 Å². The lowest BCUT2D eigenvalue weighted by Gasteiger charge is -2.31. The number of terminal acetylenes is 1. The van der Waals surface area contributed by atoms with Gasteiger partial charge in [0.15, 0.2) is 0 Å². The van der Waals surface area contributed by atoms with Gasteiger partial charge in [0, 0.05) is 20.6 Å². The summed E-state index contributed by atoms with van der Waals surface area (Å²) in [7, 11) is 1.02. The first-order chi connectivity index (χ1) is 8.90. The fraction of sp³-hybridized carbons (Fsp3) is 0.583. The van der Waals surface area contributed by atoms with E-state index in [1.54, 1.807) is 0 Å². The van der Waals surface area contributed by atoms with Crippen molar-refractivity contribution in [2.24, 2.45) is 5.92 Å². The second-order valence-electron chi connectivity index (χ2n) is 3.98. The van der Waals surface area contributed by atoms with Gasteiger partial charge in [-0.2, -0.15) is 0 Å². The van der Waals surface area contributed by atoms with Gasteiger partial charge < -0.3 is 19.3 Å². The van der Waals surface area contributed by atoms with Crippen LogP contribution in [0.15, 0.2) is 0 Å². The number of hydrogen-bond donors (Lipinski definition) is 1. The predicted octanol–water partition coefficient (Wildman–Crippen LogP) is -0.416. The van der Waals surface area contributed by atoms with Crippen molar-refractivity contribution in [1.82, 2.24) is 0 Å². The van der Waals surface area contributed by atoms with Gasteiger partial charge in [-0.05, 0) is 6.42 Å². The number of esters is 2. The number of carboxylic acids is 1. The van der Waals surface area contributed by atoms with Gasteiger partial charge in [-0.3, -0.25) is 4.79 Å². The lowest BCUT2D eigenvalue weighted by Crippen LogP contribution is -2.60. The van der Waals surface area contributed by atoms with Crippen LogP contribution >= 0.6 is 0 Å². The summed E-state index contributed by atoms with van der Waals surface area (Å²) in [5.41, 5.74) is -2.45. The van der Waals surface area contributed by atoms with Gasteiger partial charge in [-0.25, -0.2) is 9.59 Å². The molecule has 0 radical (unpaired) electrons. The molecule has 1 saturated heterocycles. The van der Waals surface area contributed by atoms with Gasteiger partial charge in [0.25, 0.3) is 5.60 Å². The average Bonchev–Trinajstić information content (AvgIpc) is 2.78. The molecule has 1 rings (SSSR count).